The highest BCUT2D eigenvalue weighted by Crippen LogP contribution is 2.50. The summed E-state index contributed by atoms with van der Waals surface area (Å²) in [6.07, 6.45) is 14.7. The van der Waals surface area contributed by atoms with Crippen LogP contribution in [0.3, 0.4) is 0 Å². The molecule has 3 aromatic rings. The van der Waals surface area contributed by atoms with Crippen LogP contribution in [-0.4, -0.2) is 6.54 Å². The lowest BCUT2D eigenvalue weighted by molar-refractivity contribution is -0.672. The normalized spacial score (nSPS) is 21.5. The quantitative estimate of drug-likeness (QED) is 0.316. The standard InChI is InChI=1S/C29H27N2S2.HI/c1-3-11-26-24(9-1)30-15-5-7-22(28(30)32-26)18-20-13-14-21(17-20)19-23-8-6-16-31-25-10-2-4-12-27(25)33-29(23)31;/h1-4,9-12,17-19H,5-8,13-16H2;1H/q+1;/p-1. The molecule has 0 spiro atoms. The third kappa shape index (κ3) is 3.90. The Morgan fingerprint density at radius 2 is 1.76 bits per heavy atom. The van der Waals surface area contributed by atoms with E-state index in [9.17, 15) is 0 Å². The molecule has 0 saturated heterocycles. The van der Waals surface area contributed by atoms with E-state index < -0.39 is 0 Å². The molecule has 4 aliphatic rings. The molecule has 0 N–H and O–H groups in total. The second-order valence-corrected chi connectivity index (χ2v) is 11.5. The van der Waals surface area contributed by atoms with Crippen molar-refractivity contribution in [3.05, 3.63) is 93.5 Å². The van der Waals surface area contributed by atoms with Crippen LogP contribution < -0.4 is 33.4 Å². The number of hydrogen-bond acceptors (Lipinski definition) is 3. The highest BCUT2D eigenvalue weighted by atomic mass is 127. The zero-order valence-electron chi connectivity index (χ0n) is 19.1. The number of nitrogens with zero attached hydrogens (tertiary/aromatic N) is 2. The predicted molar refractivity (Wildman–Crippen MR) is 141 cm³/mol. The number of para-hydroxylation sites is 2. The van der Waals surface area contributed by atoms with Crippen LogP contribution in [0.15, 0.2) is 93.4 Å². The smallest absolute Gasteiger partial charge is 0.265 e. The maximum Gasteiger partial charge on any atom is 0.265 e. The van der Waals surface area contributed by atoms with Crippen LogP contribution in [0.4, 0.5) is 5.69 Å². The summed E-state index contributed by atoms with van der Waals surface area (Å²) < 4.78 is 3.95. The summed E-state index contributed by atoms with van der Waals surface area (Å²) in [6, 6.07) is 17.7. The Bertz CT molecular complexity index is 1410. The van der Waals surface area contributed by atoms with Crippen molar-refractivity contribution in [2.45, 2.75) is 50.0 Å². The molecule has 0 unspecified atom stereocenters. The summed E-state index contributed by atoms with van der Waals surface area (Å²) in [7, 11) is 0. The van der Waals surface area contributed by atoms with Crippen molar-refractivity contribution >= 4 is 44.6 Å². The molecule has 0 fully saturated rings. The number of fused-ring (bicyclic) bond motifs is 6. The van der Waals surface area contributed by atoms with Gasteiger partial charge in [-0.3, -0.25) is 0 Å². The minimum atomic E-state index is 0. The summed E-state index contributed by atoms with van der Waals surface area (Å²) in [5.74, 6) is 0. The monoisotopic (exact) mass is 594 g/mol. The Kier molecular flexibility index (Phi) is 6.20. The van der Waals surface area contributed by atoms with Crippen molar-refractivity contribution in [2.24, 2.45) is 0 Å². The van der Waals surface area contributed by atoms with Crippen molar-refractivity contribution in [2.75, 3.05) is 11.4 Å². The highest BCUT2D eigenvalue weighted by molar-refractivity contribution is 8.03. The van der Waals surface area contributed by atoms with Crippen LogP contribution in [0.5, 0.6) is 0 Å². The van der Waals surface area contributed by atoms with Gasteiger partial charge in [0.05, 0.1) is 10.7 Å². The van der Waals surface area contributed by atoms with E-state index in [2.05, 4.69) is 76.2 Å². The molecule has 0 saturated carbocycles. The average Bonchev–Trinajstić information content (AvgIpc) is 3.55. The fourth-order valence-electron chi connectivity index (χ4n) is 5.68. The van der Waals surface area contributed by atoms with E-state index in [-0.39, 0.29) is 24.0 Å². The lowest BCUT2D eigenvalue weighted by Gasteiger charge is -2.27. The lowest BCUT2D eigenvalue weighted by Crippen LogP contribution is -3.00. The third-order valence-electron chi connectivity index (χ3n) is 7.21. The molecular formula is C29H27IN2S2. The van der Waals surface area contributed by atoms with Crippen molar-refractivity contribution in [1.29, 1.82) is 0 Å². The molecule has 2 aromatic carbocycles. The van der Waals surface area contributed by atoms with E-state index in [0.717, 1.165) is 13.1 Å². The van der Waals surface area contributed by atoms with Gasteiger partial charge in [0, 0.05) is 29.5 Å². The molecule has 3 aliphatic heterocycles. The molecule has 0 bridgehead atoms. The Balaban J connectivity index is 0.00000217. The molecule has 172 valence electrons. The summed E-state index contributed by atoms with van der Waals surface area (Å²) in [6.45, 7) is 2.29. The second kappa shape index (κ2) is 9.32. The van der Waals surface area contributed by atoms with Crippen LogP contribution in [0, 0.1) is 0 Å². The predicted octanol–water partition coefficient (Wildman–Crippen LogP) is 4.63. The topological polar surface area (TPSA) is 7.12 Å². The maximum absolute atomic E-state index is 2.54. The highest BCUT2D eigenvalue weighted by Gasteiger charge is 2.30. The van der Waals surface area contributed by atoms with Crippen molar-refractivity contribution in [3.63, 3.8) is 0 Å². The number of aromatic nitrogens is 1. The number of allylic oxidation sites excluding steroid dienone is 7. The molecule has 4 heterocycles. The molecule has 2 nitrogen and oxygen atoms in total. The van der Waals surface area contributed by atoms with Gasteiger partial charge in [-0.25, -0.2) is 0 Å². The third-order valence-corrected chi connectivity index (χ3v) is 9.70. The number of benzene rings is 2. The lowest BCUT2D eigenvalue weighted by atomic mass is 10.0. The average molecular weight is 595 g/mol. The molecule has 0 amide bonds. The fraction of sp³-hybridized carbons (Fsp3) is 0.276. The van der Waals surface area contributed by atoms with Gasteiger partial charge in [0.15, 0.2) is 6.54 Å². The molecule has 5 heteroatoms. The van der Waals surface area contributed by atoms with Gasteiger partial charge in [-0.15, -0.1) is 0 Å². The SMILES string of the molecule is C1=C(C=C2CCC[n+]3c2sc2ccccc23)CCC1=CC1=C2Sc3ccccc3N2CCC1.[I-]. The summed E-state index contributed by atoms with van der Waals surface area (Å²) >= 11 is 3.92. The van der Waals surface area contributed by atoms with Crippen molar-refractivity contribution < 1.29 is 28.5 Å². The van der Waals surface area contributed by atoms with Gasteiger partial charge in [-0.1, -0.05) is 59.5 Å². The van der Waals surface area contributed by atoms with Crippen LogP contribution >= 0.6 is 23.1 Å². The summed E-state index contributed by atoms with van der Waals surface area (Å²) in [5, 5.41) is 2.93. The second-order valence-electron chi connectivity index (χ2n) is 9.39. The van der Waals surface area contributed by atoms with E-state index in [4.69, 9.17) is 0 Å². The van der Waals surface area contributed by atoms with Crippen molar-refractivity contribution in [1.82, 2.24) is 0 Å². The Labute approximate surface area is 226 Å². The first-order chi connectivity index (χ1) is 16.3. The van der Waals surface area contributed by atoms with Gasteiger partial charge < -0.3 is 28.9 Å². The van der Waals surface area contributed by atoms with Crippen LogP contribution in [0.25, 0.3) is 15.8 Å². The van der Waals surface area contributed by atoms with Gasteiger partial charge in [0.1, 0.15) is 4.70 Å². The Morgan fingerprint density at radius 3 is 2.74 bits per heavy atom. The summed E-state index contributed by atoms with van der Waals surface area (Å²) in [5.41, 5.74) is 8.86. The minimum absolute atomic E-state index is 0. The van der Waals surface area contributed by atoms with Gasteiger partial charge in [-0.05, 0) is 73.1 Å². The molecular weight excluding hydrogens is 567 g/mol. The largest absolute Gasteiger partial charge is 1.00 e. The number of aryl methyl sites for hydroxylation is 1. The fourth-order valence-corrected chi connectivity index (χ4v) is 8.13. The Morgan fingerprint density at radius 1 is 0.882 bits per heavy atom. The van der Waals surface area contributed by atoms with Gasteiger partial charge in [-0.2, -0.15) is 4.57 Å². The number of anilines is 1. The molecule has 1 aromatic heterocycles. The van der Waals surface area contributed by atoms with Crippen LogP contribution in [0.2, 0.25) is 0 Å². The van der Waals surface area contributed by atoms with E-state index in [1.54, 1.807) is 0 Å². The molecule has 34 heavy (non-hydrogen) atoms. The van der Waals surface area contributed by atoms with Gasteiger partial charge in [0.25, 0.3) is 5.01 Å². The number of thiazole rings is 1. The molecule has 1 aliphatic carbocycles. The number of thioether (sulfide) groups is 1. The number of hydrogen-bond donors (Lipinski definition) is 0. The minimum Gasteiger partial charge on any atom is -1.00 e. The number of halogens is 1. The van der Waals surface area contributed by atoms with E-state index in [1.165, 1.54) is 91.7 Å². The van der Waals surface area contributed by atoms with Gasteiger partial charge in [0.2, 0.25) is 5.52 Å². The van der Waals surface area contributed by atoms with Gasteiger partial charge >= 0.3 is 0 Å². The van der Waals surface area contributed by atoms with Crippen LogP contribution in [-0.2, 0) is 6.54 Å². The maximum atomic E-state index is 2.54. The molecule has 7 rings (SSSR count). The molecule has 0 atom stereocenters. The first-order valence-electron chi connectivity index (χ1n) is 12.1. The number of rotatable bonds is 2. The van der Waals surface area contributed by atoms with Crippen molar-refractivity contribution in [3.8, 4) is 0 Å². The van der Waals surface area contributed by atoms with E-state index in [0.29, 0.717) is 0 Å². The zero-order chi connectivity index (χ0) is 21.8. The Hall–Kier alpha value is -1.83. The van der Waals surface area contributed by atoms with E-state index in [1.807, 2.05) is 23.1 Å². The first-order valence-corrected chi connectivity index (χ1v) is 13.8. The molecule has 0 radical (unpaired) electrons. The van der Waals surface area contributed by atoms with Crippen LogP contribution in [0.1, 0.15) is 43.5 Å². The first kappa shape index (κ1) is 22.6. The zero-order valence-corrected chi connectivity index (χ0v) is 22.9. The van der Waals surface area contributed by atoms with E-state index >= 15 is 0 Å². The summed E-state index contributed by atoms with van der Waals surface area (Å²) in [4.78, 5) is 3.95.